The number of amides is 5. The minimum atomic E-state index is -3.90. The zero-order valence-electron chi connectivity index (χ0n) is 30.4. The van der Waals surface area contributed by atoms with Gasteiger partial charge in [0.05, 0.1) is 11.8 Å². The maximum atomic E-state index is 14.3. The molecule has 0 aromatic carbocycles. The molecule has 0 spiro atoms. The molecule has 1 unspecified atom stereocenters. The lowest BCUT2D eigenvalue weighted by molar-refractivity contribution is -0.143. The second kappa shape index (κ2) is 15.7. The van der Waals surface area contributed by atoms with Gasteiger partial charge in [-0.25, -0.2) is 18.0 Å². The first-order valence-corrected chi connectivity index (χ1v) is 19.0. The smallest absolute Gasteiger partial charge is 0.410 e. The molecule has 0 radical (unpaired) electrons. The van der Waals surface area contributed by atoms with Gasteiger partial charge in [-0.05, 0) is 58.3 Å². The van der Waals surface area contributed by atoms with E-state index in [9.17, 15) is 32.4 Å². The van der Waals surface area contributed by atoms with Crippen LogP contribution in [0.1, 0.15) is 107 Å². The highest BCUT2D eigenvalue weighted by Gasteiger charge is 2.62. The summed E-state index contributed by atoms with van der Waals surface area (Å²) in [5.74, 6) is -2.71. The van der Waals surface area contributed by atoms with Gasteiger partial charge in [-0.3, -0.25) is 19.1 Å². The second-order valence-electron chi connectivity index (χ2n) is 15.6. The number of rotatable bonds is 15. The predicted octanol–water partition coefficient (Wildman–Crippen LogP) is 3.60. The van der Waals surface area contributed by atoms with E-state index < -0.39 is 85.8 Å². The number of carbonyl (C=O) groups excluding carboxylic acids is 5. The van der Waals surface area contributed by atoms with Gasteiger partial charge in [0.2, 0.25) is 21.8 Å². The predicted molar refractivity (Wildman–Crippen MR) is 184 cm³/mol. The van der Waals surface area contributed by atoms with Crippen molar-refractivity contribution in [1.29, 1.82) is 0 Å². The molecule has 15 heteroatoms. The van der Waals surface area contributed by atoms with Crippen molar-refractivity contribution in [2.45, 2.75) is 141 Å². The highest BCUT2D eigenvalue weighted by molar-refractivity contribution is 7.91. The number of hydrogen-bond donors (Lipinski definition) is 3. The molecule has 3 rings (SSSR count). The minimum Gasteiger partial charge on any atom is -0.444 e. The van der Waals surface area contributed by atoms with Crippen LogP contribution in [-0.4, -0.2) is 102 Å². The molecule has 1 aliphatic heterocycles. The summed E-state index contributed by atoms with van der Waals surface area (Å²) in [6.07, 6.45) is 3.54. The number of nitrogens with zero attached hydrogens (tertiary/aromatic N) is 2. The van der Waals surface area contributed by atoms with E-state index >= 15 is 0 Å². The summed E-state index contributed by atoms with van der Waals surface area (Å²) in [6, 6.07) is -2.34. The van der Waals surface area contributed by atoms with Crippen molar-refractivity contribution in [3.05, 3.63) is 12.7 Å². The van der Waals surface area contributed by atoms with E-state index in [-0.39, 0.29) is 19.4 Å². The third kappa shape index (κ3) is 10.6. The maximum absolute atomic E-state index is 14.3. The van der Waals surface area contributed by atoms with Crippen LogP contribution in [0.25, 0.3) is 0 Å². The van der Waals surface area contributed by atoms with Crippen LogP contribution < -0.4 is 15.4 Å². The Morgan fingerprint density at radius 1 is 1.02 bits per heavy atom. The maximum Gasteiger partial charge on any atom is 0.410 e. The highest BCUT2D eigenvalue weighted by atomic mass is 32.2. The van der Waals surface area contributed by atoms with Gasteiger partial charge in [-0.15, -0.1) is 6.58 Å². The van der Waals surface area contributed by atoms with E-state index in [0.717, 1.165) is 25.7 Å². The molecule has 3 fully saturated rings. The molecule has 0 bridgehead atoms. The summed E-state index contributed by atoms with van der Waals surface area (Å²) in [5, 5.41) is 4.75. The lowest BCUT2D eigenvalue weighted by Gasteiger charge is -2.36. The van der Waals surface area contributed by atoms with E-state index in [1.54, 1.807) is 46.4 Å². The number of ether oxygens (including phenoxy) is 2. The highest BCUT2D eigenvalue weighted by Crippen LogP contribution is 2.45. The normalized spacial score (nSPS) is 24.3. The molecular formula is C34H57N5O9S. The monoisotopic (exact) mass is 711 g/mol. The SMILES string of the molecule is C=CC1C[C@]1(NC(=O)[C@@H]1C[C@@H](OC(=O)N(CCCC)CCCC)CN1C(=O)[C@@H](NC(=O)OC(C)(C)C)C(C)(C)C)C(=O)NS(=O)(=O)C1CC1. The van der Waals surface area contributed by atoms with Crippen LogP contribution in [0, 0.1) is 11.3 Å². The molecule has 3 N–H and O–H groups in total. The zero-order valence-corrected chi connectivity index (χ0v) is 31.2. The molecule has 14 nitrogen and oxygen atoms in total. The van der Waals surface area contributed by atoms with Gasteiger partial charge in [0, 0.05) is 25.4 Å². The Bertz CT molecular complexity index is 1360. The second-order valence-corrected chi connectivity index (χ2v) is 17.5. The molecule has 49 heavy (non-hydrogen) atoms. The van der Waals surface area contributed by atoms with Crippen molar-refractivity contribution in [3.63, 3.8) is 0 Å². The molecule has 2 saturated carbocycles. The largest absolute Gasteiger partial charge is 0.444 e. The van der Waals surface area contributed by atoms with Gasteiger partial charge >= 0.3 is 12.2 Å². The Morgan fingerprint density at radius 2 is 1.61 bits per heavy atom. The standard InChI is InChI=1S/C34H57N5O9S/c1-10-13-17-38(18-14-11-2)31(44)47-23-19-25(39(21-23)28(41)26(32(4,5)6)35-30(43)48-33(7,8)9)27(40)36-34(20-22(34)12-3)29(42)37-49(45,46)24-15-16-24/h12,22-26H,3,10-11,13-21H2,1-2,4-9H3,(H,35,43)(H,36,40)(H,37,42)/t22?,23-,25+,26-,34-/m1/s1. The number of sulfonamides is 1. The fourth-order valence-electron chi connectivity index (χ4n) is 5.84. The summed E-state index contributed by atoms with van der Waals surface area (Å²) in [4.78, 5) is 70.9. The van der Waals surface area contributed by atoms with Crippen LogP contribution in [0.15, 0.2) is 12.7 Å². The summed E-state index contributed by atoms with van der Waals surface area (Å²) < 4.78 is 38.7. The summed E-state index contributed by atoms with van der Waals surface area (Å²) >= 11 is 0. The van der Waals surface area contributed by atoms with Crippen molar-refractivity contribution < 1.29 is 41.9 Å². The van der Waals surface area contributed by atoms with Gasteiger partial charge in [0.25, 0.3) is 5.91 Å². The molecule has 5 atom stereocenters. The molecule has 1 heterocycles. The summed E-state index contributed by atoms with van der Waals surface area (Å²) in [5.41, 5.74) is -3.23. The average Bonchev–Trinajstić information content (AvgIpc) is 3.91. The van der Waals surface area contributed by atoms with Crippen LogP contribution in [0.4, 0.5) is 9.59 Å². The Kier molecular flexibility index (Phi) is 12.8. The average molecular weight is 712 g/mol. The number of nitrogens with one attached hydrogen (secondary N) is 3. The number of likely N-dealkylation sites (tertiary alicyclic amines) is 1. The quantitative estimate of drug-likeness (QED) is 0.214. The Balaban J connectivity index is 1.91. The topological polar surface area (TPSA) is 181 Å². The third-order valence-electron chi connectivity index (χ3n) is 8.96. The molecule has 0 aromatic heterocycles. The van der Waals surface area contributed by atoms with Crippen molar-refractivity contribution in [3.8, 4) is 0 Å². The van der Waals surface area contributed by atoms with E-state index in [1.165, 1.54) is 11.0 Å². The number of unbranched alkanes of at least 4 members (excludes halogenated alkanes) is 2. The van der Waals surface area contributed by atoms with Crippen LogP contribution in [0.5, 0.6) is 0 Å². The molecule has 2 aliphatic carbocycles. The summed E-state index contributed by atoms with van der Waals surface area (Å²) in [6.45, 7) is 19.0. The van der Waals surface area contributed by atoms with Gasteiger partial charge in [-0.2, -0.15) is 0 Å². The molecule has 1 saturated heterocycles. The van der Waals surface area contributed by atoms with E-state index in [0.29, 0.717) is 25.9 Å². The molecule has 0 aromatic rings. The minimum absolute atomic E-state index is 0.0706. The van der Waals surface area contributed by atoms with Crippen molar-refractivity contribution in [2.75, 3.05) is 19.6 Å². The van der Waals surface area contributed by atoms with Crippen LogP contribution in [0.3, 0.4) is 0 Å². The molecular weight excluding hydrogens is 654 g/mol. The van der Waals surface area contributed by atoms with E-state index in [2.05, 4.69) is 21.9 Å². The van der Waals surface area contributed by atoms with Crippen LogP contribution >= 0.6 is 0 Å². The molecule has 278 valence electrons. The Hall–Kier alpha value is -3.36. The van der Waals surface area contributed by atoms with Crippen molar-refractivity contribution >= 4 is 39.9 Å². The zero-order chi connectivity index (χ0) is 36.9. The number of hydrogen-bond acceptors (Lipinski definition) is 9. The Labute approximate surface area is 291 Å². The van der Waals surface area contributed by atoms with Gasteiger partial charge in [0.15, 0.2) is 0 Å². The van der Waals surface area contributed by atoms with Crippen molar-refractivity contribution in [2.24, 2.45) is 11.3 Å². The Morgan fingerprint density at radius 3 is 2.08 bits per heavy atom. The van der Waals surface area contributed by atoms with Crippen LogP contribution in [0.2, 0.25) is 0 Å². The first-order chi connectivity index (χ1) is 22.7. The molecule has 3 aliphatic rings. The molecule has 5 amide bonds. The fourth-order valence-corrected chi connectivity index (χ4v) is 7.21. The van der Waals surface area contributed by atoms with Gasteiger partial charge < -0.3 is 29.9 Å². The fraction of sp³-hybridized carbons (Fsp3) is 0.794. The van der Waals surface area contributed by atoms with E-state index in [1.807, 2.05) is 13.8 Å². The van der Waals surface area contributed by atoms with Gasteiger partial charge in [-0.1, -0.05) is 53.5 Å². The lowest BCUT2D eigenvalue weighted by atomic mass is 9.85. The van der Waals surface area contributed by atoms with E-state index in [4.69, 9.17) is 9.47 Å². The van der Waals surface area contributed by atoms with Gasteiger partial charge in [0.1, 0.15) is 29.3 Å². The third-order valence-corrected chi connectivity index (χ3v) is 10.8. The van der Waals surface area contributed by atoms with Crippen LogP contribution in [-0.2, 0) is 33.9 Å². The first kappa shape index (κ1) is 40.1. The lowest BCUT2D eigenvalue weighted by Crippen LogP contribution is -2.60. The number of alkyl carbamates (subject to hydrolysis) is 1. The number of carbonyl (C=O) groups is 5. The van der Waals surface area contributed by atoms with Crippen molar-refractivity contribution in [1.82, 2.24) is 25.2 Å². The first-order valence-electron chi connectivity index (χ1n) is 17.4. The summed E-state index contributed by atoms with van der Waals surface area (Å²) in [7, 11) is -3.90.